The fraction of sp³-hybridized carbons (Fsp3) is 0.857. The number of nitrogens with two attached hydrogens (primary N) is 1. The number of rotatable bonds is 5. The van der Waals surface area contributed by atoms with Gasteiger partial charge in [-0.05, 0) is 33.6 Å². The van der Waals surface area contributed by atoms with E-state index in [1.165, 1.54) is 19.3 Å². The van der Waals surface area contributed by atoms with Crippen LogP contribution >= 0.6 is 0 Å². The highest BCUT2D eigenvalue weighted by molar-refractivity contribution is 5.04. The summed E-state index contributed by atoms with van der Waals surface area (Å²) in [4.78, 5) is 4.50. The number of hydrogen-bond acceptors (Lipinski definition) is 5. The van der Waals surface area contributed by atoms with Gasteiger partial charge in [-0.15, -0.1) is 0 Å². The molecule has 2 N–H and O–H groups in total. The molecule has 0 spiro atoms. The van der Waals surface area contributed by atoms with Gasteiger partial charge in [0.25, 0.3) is 0 Å². The molecule has 1 aromatic rings. The topological polar surface area (TPSA) is 74.2 Å². The van der Waals surface area contributed by atoms with Crippen molar-refractivity contribution in [1.29, 1.82) is 0 Å². The van der Waals surface area contributed by atoms with Gasteiger partial charge >= 0.3 is 0 Å². The van der Waals surface area contributed by atoms with Gasteiger partial charge in [-0.1, -0.05) is 24.4 Å². The van der Waals surface area contributed by atoms with E-state index in [1.807, 2.05) is 20.8 Å². The summed E-state index contributed by atoms with van der Waals surface area (Å²) in [6.07, 6.45) is 6.25. The van der Waals surface area contributed by atoms with E-state index in [0.29, 0.717) is 18.3 Å². The molecule has 19 heavy (non-hydrogen) atoms. The lowest BCUT2D eigenvalue weighted by molar-refractivity contribution is 0.0410. The van der Waals surface area contributed by atoms with Crippen molar-refractivity contribution in [2.24, 2.45) is 5.73 Å². The lowest BCUT2D eigenvalue weighted by atomic mass is 9.89. The third-order valence-electron chi connectivity index (χ3n) is 3.62. The van der Waals surface area contributed by atoms with Crippen molar-refractivity contribution in [3.63, 3.8) is 0 Å². The average Bonchev–Trinajstić information content (AvgIpc) is 2.88. The van der Waals surface area contributed by atoms with Crippen molar-refractivity contribution in [3.8, 4) is 0 Å². The van der Waals surface area contributed by atoms with Crippen LogP contribution in [0.5, 0.6) is 0 Å². The first-order chi connectivity index (χ1) is 8.99. The number of hydrogen-bond donors (Lipinski definition) is 1. The van der Waals surface area contributed by atoms with E-state index in [-0.39, 0.29) is 6.10 Å². The van der Waals surface area contributed by atoms with Crippen LogP contribution in [0.2, 0.25) is 0 Å². The molecule has 1 aliphatic carbocycles. The van der Waals surface area contributed by atoms with Gasteiger partial charge in [0.2, 0.25) is 5.89 Å². The Balaban J connectivity index is 2.02. The van der Waals surface area contributed by atoms with E-state index in [4.69, 9.17) is 15.0 Å². The molecule has 5 heteroatoms. The van der Waals surface area contributed by atoms with Crippen LogP contribution in [0.15, 0.2) is 4.52 Å². The molecule has 1 aliphatic rings. The Labute approximate surface area is 114 Å². The summed E-state index contributed by atoms with van der Waals surface area (Å²) in [5.74, 6) is 1.71. The van der Waals surface area contributed by atoms with Crippen molar-refractivity contribution >= 4 is 0 Å². The molecule has 1 unspecified atom stereocenters. The Morgan fingerprint density at radius 3 is 2.68 bits per heavy atom. The molecule has 0 bridgehead atoms. The summed E-state index contributed by atoms with van der Waals surface area (Å²) in [6, 6.07) is 0. The monoisotopic (exact) mass is 267 g/mol. The number of nitrogens with zero attached hydrogens (tertiary/aromatic N) is 2. The molecule has 0 aromatic carbocycles. The SMILES string of the molecule is CC(C)OCC(C)(N)c1noc(C2CCCCC2)n1. The molecule has 0 amide bonds. The van der Waals surface area contributed by atoms with Crippen LogP contribution in [-0.4, -0.2) is 22.9 Å². The van der Waals surface area contributed by atoms with Gasteiger partial charge in [0, 0.05) is 5.92 Å². The van der Waals surface area contributed by atoms with Crippen LogP contribution in [-0.2, 0) is 10.3 Å². The molecule has 0 radical (unpaired) electrons. The molecule has 0 saturated heterocycles. The predicted octanol–water partition coefficient (Wildman–Crippen LogP) is 2.72. The molecule has 0 aliphatic heterocycles. The third kappa shape index (κ3) is 3.76. The highest BCUT2D eigenvalue weighted by Gasteiger charge is 2.30. The van der Waals surface area contributed by atoms with Gasteiger partial charge in [-0.2, -0.15) is 4.98 Å². The minimum Gasteiger partial charge on any atom is -0.376 e. The fourth-order valence-electron chi connectivity index (χ4n) is 2.39. The zero-order valence-electron chi connectivity index (χ0n) is 12.2. The fourth-order valence-corrected chi connectivity index (χ4v) is 2.39. The minimum atomic E-state index is -0.694. The van der Waals surface area contributed by atoms with Crippen LogP contribution in [0.3, 0.4) is 0 Å². The molecule has 1 heterocycles. The summed E-state index contributed by atoms with van der Waals surface area (Å²) in [7, 11) is 0. The minimum absolute atomic E-state index is 0.146. The van der Waals surface area contributed by atoms with Crippen molar-refractivity contribution in [3.05, 3.63) is 11.7 Å². The highest BCUT2D eigenvalue weighted by atomic mass is 16.5. The van der Waals surface area contributed by atoms with Crippen LogP contribution in [0.1, 0.15) is 70.5 Å². The Morgan fingerprint density at radius 2 is 2.05 bits per heavy atom. The van der Waals surface area contributed by atoms with Crippen molar-refractivity contribution in [2.45, 2.75) is 70.4 Å². The van der Waals surface area contributed by atoms with Gasteiger partial charge in [-0.25, -0.2) is 0 Å². The van der Waals surface area contributed by atoms with E-state index < -0.39 is 5.54 Å². The first kappa shape index (κ1) is 14.5. The summed E-state index contributed by atoms with van der Waals surface area (Å²) < 4.78 is 11.0. The van der Waals surface area contributed by atoms with E-state index in [9.17, 15) is 0 Å². The summed E-state index contributed by atoms with van der Waals surface area (Å²) in [6.45, 7) is 6.25. The quantitative estimate of drug-likeness (QED) is 0.887. The summed E-state index contributed by atoms with van der Waals surface area (Å²) in [5, 5.41) is 4.05. The Morgan fingerprint density at radius 1 is 1.37 bits per heavy atom. The number of ether oxygens (including phenoxy) is 1. The normalized spacial score (nSPS) is 20.7. The molecule has 1 saturated carbocycles. The molecular weight excluding hydrogens is 242 g/mol. The molecule has 2 rings (SSSR count). The maximum absolute atomic E-state index is 6.22. The molecule has 5 nitrogen and oxygen atoms in total. The van der Waals surface area contributed by atoms with Crippen LogP contribution in [0.25, 0.3) is 0 Å². The van der Waals surface area contributed by atoms with Gasteiger partial charge in [0.05, 0.1) is 12.7 Å². The largest absolute Gasteiger partial charge is 0.376 e. The van der Waals surface area contributed by atoms with Crippen molar-refractivity contribution in [2.75, 3.05) is 6.61 Å². The van der Waals surface area contributed by atoms with Gasteiger partial charge in [0.1, 0.15) is 5.54 Å². The zero-order chi connectivity index (χ0) is 13.9. The second kappa shape index (κ2) is 6.01. The van der Waals surface area contributed by atoms with E-state index in [0.717, 1.165) is 18.7 Å². The standard InChI is InChI=1S/C14H25N3O2/c1-10(2)18-9-14(3,15)13-16-12(19-17-13)11-7-5-4-6-8-11/h10-11H,4-9,15H2,1-3H3. The molecule has 108 valence electrons. The first-order valence-corrected chi connectivity index (χ1v) is 7.23. The van der Waals surface area contributed by atoms with Crippen molar-refractivity contribution < 1.29 is 9.26 Å². The van der Waals surface area contributed by atoms with Crippen molar-refractivity contribution in [1.82, 2.24) is 10.1 Å². The van der Waals surface area contributed by atoms with Gasteiger partial charge < -0.3 is 15.0 Å². The molecular formula is C14H25N3O2. The highest BCUT2D eigenvalue weighted by Crippen LogP contribution is 2.32. The maximum Gasteiger partial charge on any atom is 0.229 e. The van der Waals surface area contributed by atoms with Crippen LogP contribution in [0, 0.1) is 0 Å². The summed E-state index contributed by atoms with van der Waals surface area (Å²) >= 11 is 0. The average molecular weight is 267 g/mol. The zero-order valence-corrected chi connectivity index (χ0v) is 12.2. The smallest absolute Gasteiger partial charge is 0.229 e. The number of aromatic nitrogens is 2. The second-order valence-corrected chi connectivity index (χ2v) is 6.07. The van der Waals surface area contributed by atoms with E-state index in [1.54, 1.807) is 0 Å². The third-order valence-corrected chi connectivity index (χ3v) is 3.62. The first-order valence-electron chi connectivity index (χ1n) is 7.23. The Kier molecular flexibility index (Phi) is 4.58. The second-order valence-electron chi connectivity index (χ2n) is 6.07. The summed E-state index contributed by atoms with van der Waals surface area (Å²) in [5.41, 5.74) is 5.53. The van der Waals surface area contributed by atoms with E-state index in [2.05, 4.69) is 10.1 Å². The Bertz CT molecular complexity index is 395. The Hall–Kier alpha value is -0.940. The van der Waals surface area contributed by atoms with E-state index >= 15 is 0 Å². The van der Waals surface area contributed by atoms with Crippen LogP contribution < -0.4 is 5.73 Å². The lowest BCUT2D eigenvalue weighted by Crippen LogP contribution is -2.40. The maximum atomic E-state index is 6.22. The lowest BCUT2D eigenvalue weighted by Gasteiger charge is -2.22. The van der Waals surface area contributed by atoms with Crippen LogP contribution in [0.4, 0.5) is 0 Å². The molecule has 1 atom stereocenters. The molecule has 1 fully saturated rings. The van der Waals surface area contributed by atoms with Gasteiger partial charge in [-0.3, -0.25) is 0 Å². The predicted molar refractivity (Wildman–Crippen MR) is 72.8 cm³/mol. The molecule has 1 aromatic heterocycles. The van der Waals surface area contributed by atoms with Gasteiger partial charge in [0.15, 0.2) is 5.82 Å².